The van der Waals surface area contributed by atoms with E-state index in [1.807, 2.05) is 32.0 Å². The van der Waals surface area contributed by atoms with Crippen molar-refractivity contribution in [3.8, 4) is 5.75 Å². The third kappa shape index (κ3) is 6.89. The van der Waals surface area contributed by atoms with Crippen LogP contribution in [-0.2, 0) is 13.1 Å². The monoisotopic (exact) mass is 454 g/mol. The molecule has 1 aromatic heterocycles. The third-order valence-corrected chi connectivity index (χ3v) is 3.58. The molecule has 25 heavy (non-hydrogen) atoms. The van der Waals surface area contributed by atoms with Gasteiger partial charge in [0, 0.05) is 24.8 Å². The number of aliphatic imine (C=N–C) groups is 1. The average molecular weight is 454 g/mol. The number of guanidine groups is 1. The minimum atomic E-state index is 0. The molecule has 6 heteroatoms. The van der Waals surface area contributed by atoms with E-state index in [9.17, 15) is 0 Å². The van der Waals surface area contributed by atoms with Gasteiger partial charge in [-0.15, -0.1) is 24.0 Å². The highest BCUT2D eigenvalue weighted by Gasteiger charge is 2.05. The van der Waals surface area contributed by atoms with Crippen molar-refractivity contribution in [1.29, 1.82) is 0 Å². The molecule has 0 saturated carbocycles. The molecule has 0 atom stereocenters. The smallest absolute Gasteiger partial charge is 0.191 e. The number of aryl methyl sites for hydroxylation is 2. The zero-order valence-corrected chi connectivity index (χ0v) is 17.6. The number of hydrogen-bond acceptors (Lipinski definition) is 3. The zero-order valence-electron chi connectivity index (χ0n) is 15.3. The van der Waals surface area contributed by atoms with Gasteiger partial charge in [0.2, 0.25) is 0 Å². The lowest BCUT2D eigenvalue weighted by Crippen LogP contribution is -2.36. The second-order valence-corrected chi connectivity index (χ2v) is 5.59. The molecule has 0 fully saturated rings. The second kappa shape index (κ2) is 10.9. The minimum absolute atomic E-state index is 0. The van der Waals surface area contributed by atoms with Gasteiger partial charge >= 0.3 is 0 Å². The molecule has 1 aromatic carbocycles. The number of ether oxygens (including phenoxy) is 1. The highest BCUT2D eigenvalue weighted by molar-refractivity contribution is 14.0. The molecule has 0 aliphatic rings. The van der Waals surface area contributed by atoms with Crippen LogP contribution in [0.2, 0.25) is 0 Å². The van der Waals surface area contributed by atoms with Crippen LogP contribution in [0.3, 0.4) is 0 Å². The standard InChI is InChI=1S/C19H26N4O.HI/c1-5-24-18-11-14(2)9-10-16(18)12-21-19(20-4)22-13-17-8-6-7-15(3)23-17;/h6-11H,5,12-13H2,1-4H3,(H2,20,21,22);1H. The summed E-state index contributed by atoms with van der Waals surface area (Å²) in [7, 11) is 1.76. The highest BCUT2D eigenvalue weighted by atomic mass is 127. The normalized spacial score (nSPS) is 10.8. The van der Waals surface area contributed by atoms with E-state index in [0.29, 0.717) is 19.7 Å². The van der Waals surface area contributed by atoms with Gasteiger partial charge in [0.25, 0.3) is 0 Å². The van der Waals surface area contributed by atoms with E-state index < -0.39 is 0 Å². The maximum Gasteiger partial charge on any atom is 0.191 e. The van der Waals surface area contributed by atoms with Crippen molar-refractivity contribution >= 4 is 29.9 Å². The van der Waals surface area contributed by atoms with Gasteiger partial charge in [-0.25, -0.2) is 0 Å². The first-order chi connectivity index (χ1) is 11.6. The summed E-state index contributed by atoms with van der Waals surface area (Å²) in [5.74, 6) is 1.65. The quantitative estimate of drug-likeness (QED) is 0.398. The first-order valence-corrected chi connectivity index (χ1v) is 8.21. The fraction of sp³-hybridized carbons (Fsp3) is 0.368. The van der Waals surface area contributed by atoms with Crippen LogP contribution in [-0.4, -0.2) is 24.6 Å². The molecule has 0 aliphatic heterocycles. The van der Waals surface area contributed by atoms with Crippen molar-refractivity contribution < 1.29 is 4.74 Å². The van der Waals surface area contributed by atoms with Gasteiger partial charge in [-0.1, -0.05) is 18.2 Å². The van der Waals surface area contributed by atoms with Gasteiger partial charge in [0.15, 0.2) is 5.96 Å². The summed E-state index contributed by atoms with van der Waals surface area (Å²) < 4.78 is 5.72. The molecule has 0 bridgehead atoms. The Morgan fingerprint density at radius 1 is 1.12 bits per heavy atom. The lowest BCUT2D eigenvalue weighted by atomic mass is 10.1. The molecule has 2 rings (SSSR count). The van der Waals surface area contributed by atoms with Crippen molar-refractivity contribution in [1.82, 2.24) is 15.6 Å². The number of halogens is 1. The van der Waals surface area contributed by atoms with E-state index in [1.165, 1.54) is 5.56 Å². The van der Waals surface area contributed by atoms with E-state index in [4.69, 9.17) is 4.74 Å². The first kappa shape index (κ1) is 21.2. The Labute approximate surface area is 167 Å². The number of nitrogens with one attached hydrogen (secondary N) is 2. The van der Waals surface area contributed by atoms with Crippen LogP contribution in [0, 0.1) is 13.8 Å². The molecule has 0 unspecified atom stereocenters. The lowest BCUT2D eigenvalue weighted by Gasteiger charge is -2.15. The summed E-state index contributed by atoms with van der Waals surface area (Å²) in [4.78, 5) is 8.74. The molecule has 2 N–H and O–H groups in total. The predicted molar refractivity (Wildman–Crippen MR) is 114 cm³/mol. The van der Waals surface area contributed by atoms with E-state index in [0.717, 1.165) is 28.7 Å². The summed E-state index contributed by atoms with van der Waals surface area (Å²) in [5.41, 5.74) is 4.30. The van der Waals surface area contributed by atoms with Crippen LogP contribution in [0.15, 0.2) is 41.4 Å². The molecule has 1 heterocycles. The van der Waals surface area contributed by atoms with Crippen molar-refractivity contribution in [2.24, 2.45) is 4.99 Å². The number of pyridine rings is 1. The SMILES string of the molecule is CCOc1cc(C)ccc1CNC(=NC)NCc1cccc(C)n1.I. The molecule has 5 nitrogen and oxygen atoms in total. The fourth-order valence-electron chi connectivity index (χ4n) is 2.37. The molecule has 0 radical (unpaired) electrons. The fourth-order valence-corrected chi connectivity index (χ4v) is 2.37. The van der Waals surface area contributed by atoms with Crippen LogP contribution in [0.4, 0.5) is 0 Å². The van der Waals surface area contributed by atoms with Crippen LogP contribution in [0.25, 0.3) is 0 Å². The Kier molecular flexibility index (Phi) is 9.26. The van der Waals surface area contributed by atoms with Crippen LogP contribution in [0.5, 0.6) is 5.75 Å². The van der Waals surface area contributed by atoms with Gasteiger partial charge in [-0.2, -0.15) is 0 Å². The van der Waals surface area contributed by atoms with Crippen molar-refractivity contribution in [3.63, 3.8) is 0 Å². The average Bonchev–Trinajstić information content (AvgIpc) is 2.57. The summed E-state index contributed by atoms with van der Waals surface area (Å²) in [5, 5.41) is 6.60. The highest BCUT2D eigenvalue weighted by Crippen LogP contribution is 2.20. The van der Waals surface area contributed by atoms with E-state index in [-0.39, 0.29) is 24.0 Å². The Hall–Kier alpha value is -1.83. The predicted octanol–water partition coefficient (Wildman–Crippen LogP) is 3.58. The number of aromatic nitrogens is 1. The summed E-state index contributed by atoms with van der Waals surface area (Å²) in [6.07, 6.45) is 0. The largest absolute Gasteiger partial charge is 0.494 e. The van der Waals surface area contributed by atoms with E-state index in [1.54, 1.807) is 7.05 Å². The molecule has 0 aliphatic carbocycles. The number of hydrogen-bond donors (Lipinski definition) is 2. The van der Waals surface area contributed by atoms with Crippen molar-refractivity contribution in [3.05, 3.63) is 58.9 Å². The maximum atomic E-state index is 5.72. The molecular weight excluding hydrogens is 427 g/mol. The van der Waals surface area contributed by atoms with Crippen molar-refractivity contribution in [2.75, 3.05) is 13.7 Å². The molecule has 0 saturated heterocycles. The van der Waals surface area contributed by atoms with Gasteiger partial charge in [0.05, 0.1) is 18.8 Å². The Morgan fingerprint density at radius 3 is 2.56 bits per heavy atom. The zero-order chi connectivity index (χ0) is 17.4. The summed E-state index contributed by atoms with van der Waals surface area (Å²) in [6, 6.07) is 12.2. The molecule has 0 amide bonds. The summed E-state index contributed by atoms with van der Waals surface area (Å²) in [6.45, 7) is 7.99. The molecular formula is C19H27IN4O. The van der Waals surface area contributed by atoms with Gasteiger partial charge in [0.1, 0.15) is 5.75 Å². The second-order valence-electron chi connectivity index (χ2n) is 5.59. The topological polar surface area (TPSA) is 58.5 Å². The van der Waals surface area contributed by atoms with Crippen molar-refractivity contribution in [2.45, 2.75) is 33.9 Å². The van der Waals surface area contributed by atoms with Crippen LogP contribution >= 0.6 is 24.0 Å². The van der Waals surface area contributed by atoms with E-state index >= 15 is 0 Å². The Bertz CT molecular complexity index is 704. The van der Waals surface area contributed by atoms with Gasteiger partial charge in [-0.05, 0) is 44.5 Å². The number of rotatable bonds is 6. The molecule has 2 aromatic rings. The Balaban J connectivity index is 0.00000312. The van der Waals surface area contributed by atoms with E-state index in [2.05, 4.69) is 45.7 Å². The van der Waals surface area contributed by atoms with Gasteiger partial charge < -0.3 is 15.4 Å². The lowest BCUT2D eigenvalue weighted by molar-refractivity contribution is 0.336. The van der Waals surface area contributed by atoms with Crippen LogP contribution in [0.1, 0.15) is 29.4 Å². The Morgan fingerprint density at radius 2 is 1.88 bits per heavy atom. The third-order valence-electron chi connectivity index (χ3n) is 3.58. The maximum absolute atomic E-state index is 5.72. The van der Waals surface area contributed by atoms with Gasteiger partial charge in [-0.3, -0.25) is 9.98 Å². The number of benzene rings is 1. The minimum Gasteiger partial charge on any atom is -0.494 e. The molecule has 136 valence electrons. The first-order valence-electron chi connectivity index (χ1n) is 8.21. The number of nitrogens with zero attached hydrogens (tertiary/aromatic N) is 2. The van der Waals surface area contributed by atoms with Crippen LogP contribution < -0.4 is 15.4 Å². The summed E-state index contributed by atoms with van der Waals surface area (Å²) >= 11 is 0. The molecule has 0 spiro atoms.